The molecule has 0 atom stereocenters. The minimum Gasteiger partial charge on any atom is -0.300 e. The Kier molecular flexibility index (Phi) is 17.0. The maximum Gasteiger partial charge on any atom is 0.132 e. The Bertz CT molecular complexity index is 232. The molecule has 0 amide bonds. The highest BCUT2D eigenvalue weighted by molar-refractivity contribution is 5.78. The maximum absolute atomic E-state index is 11.7. The van der Waals surface area contributed by atoms with E-state index in [0.29, 0.717) is 5.78 Å². The summed E-state index contributed by atoms with van der Waals surface area (Å²) in [6.45, 7) is 5.99. The highest BCUT2D eigenvalue weighted by Gasteiger charge is 2.01. The molecule has 0 unspecified atom stereocenters. The summed E-state index contributed by atoms with van der Waals surface area (Å²) in [5, 5.41) is 0. The largest absolute Gasteiger partial charge is 0.300 e. The van der Waals surface area contributed by atoms with Gasteiger partial charge in [-0.3, -0.25) is 4.79 Å². The van der Waals surface area contributed by atoms with Gasteiger partial charge in [-0.25, -0.2) is 0 Å². The highest BCUT2D eigenvalue weighted by Crippen LogP contribution is 2.12. The monoisotopic (exact) mass is 294 g/mol. The van der Waals surface area contributed by atoms with Crippen molar-refractivity contribution in [2.45, 2.75) is 110 Å². The maximum atomic E-state index is 11.7. The molecule has 0 rings (SSSR count). The van der Waals surface area contributed by atoms with Gasteiger partial charge in [0.25, 0.3) is 0 Å². The van der Waals surface area contributed by atoms with E-state index in [0.717, 1.165) is 32.1 Å². The summed E-state index contributed by atoms with van der Waals surface area (Å²) >= 11 is 0. The van der Waals surface area contributed by atoms with E-state index in [2.05, 4.69) is 13.5 Å². The molecule has 0 saturated carbocycles. The second kappa shape index (κ2) is 17.5. The molecule has 0 aliphatic rings. The quantitative estimate of drug-likeness (QED) is 0.208. The Morgan fingerprint density at radius 2 is 1.14 bits per heavy atom. The van der Waals surface area contributed by atoms with Crippen LogP contribution >= 0.6 is 0 Å². The molecule has 0 aliphatic heterocycles. The highest BCUT2D eigenvalue weighted by atomic mass is 16.1. The Balaban J connectivity index is 3.14. The first-order valence-corrected chi connectivity index (χ1v) is 9.43. The molecule has 0 spiro atoms. The molecule has 0 aromatic heterocycles. The molecule has 0 N–H and O–H groups in total. The number of hydrogen-bond donors (Lipinski definition) is 0. The van der Waals surface area contributed by atoms with Gasteiger partial charge in [0.15, 0.2) is 0 Å². The van der Waals surface area contributed by atoms with Crippen LogP contribution in [0.25, 0.3) is 0 Å². The van der Waals surface area contributed by atoms with Crippen LogP contribution in [0, 0.1) is 0 Å². The molecule has 0 aliphatic carbocycles. The number of ketones is 1. The molecular formula is C20H38O. The van der Waals surface area contributed by atoms with Crippen molar-refractivity contribution in [3.63, 3.8) is 0 Å². The summed E-state index contributed by atoms with van der Waals surface area (Å²) < 4.78 is 0. The SMILES string of the molecule is C=CCCCCCCC(=O)CCCCCCCCCCC. The number of unbranched alkanes of at least 4 members (excludes halogenated alkanes) is 12. The van der Waals surface area contributed by atoms with Crippen molar-refractivity contribution in [2.24, 2.45) is 0 Å². The lowest BCUT2D eigenvalue weighted by molar-refractivity contribution is -0.119. The summed E-state index contributed by atoms with van der Waals surface area (Å²) in [4.78, 5) is 11.7. The van der Waals surface area contributed by atoms with Crippen LogP contribution in [0.5, 0.6) is 0 Å². The van der Waals surface area contributed by atoms with E-state index in [1.165, 1.54) is 70.6 Å². The third-order valence-electron chi connectivity index (χ3n) is 4.17. The summed E-state index contributed by atoms with van der Waals surface area (Å²) in [6, 6.07) is 0. The van der Waals surface area contributed by atoms with Crippen molar-refractivity contribution in [2.75, 3.05) is 0 Å². The molecule has 0 aromatic rings. The van der Waals surface area contributed by atoms with E-state index in [1.54, 1.807) is 0 Å². The molecule has 0 aromatic carbocycles. The number of hydrogen-bond acceptors (Lipinski definition) is 1. The van der Waals surface area contributed by atoms with Gasteiger partial charge in [-0.2, -0.15) is 0 Å². The fraction of sp³-hybridized carbons (Fsp3) is 0.850. The minimum absolute atomic E-state index is 0.488. The van der Waals surface area contributed by atoms with Gasteiger partial charge in [0.2, 0.25) is 0 Å². The zero-order chi connectivity index (χ0) is 15.6. The van der Waals surface area contributed by atoms with Crippen molar-refractivity contribution in [3.8, 4) is 0 Å². The molecule has 0 saturated heterocycles. The molecular weight excluding hydrogens is 256 g/mol. The number of allylic oxidation sites excluding steroid dienone is 1. The molecule has 0 radical (unpaired) electrons. The number of Topliss-reactive ketones (excluding diaryl/α,β-unsaturated/α-hetero) is 1. The Labute approximate surface area is 133 Å². The third-order valence-corrected chi connectivity index (χ3v) is 4.17. The fourth-order valence-electron chi connectivity index (χ4n) is 2.72. The van der Waals surface area contributed by atoms with Crippen LogP contribution in [0.1, 0.15) is 110 Å². The smallest absolute Gasteiger partial charge is 0.132 e. The topological polar surface area (TPSA) is 17.1 Å². The first kappa shape index (κ1) is 20.4. The van der Waals surface area contributed by atoms with Gasteiger partial charge in [-0.15, -0.1) is 6.58 Å². The van der Waals surface area contributed by atoms with Gasteiger partial charge in [0.05, 0.1) is 0 Å². The summed E-state index contributed by atoms with van der Waals surface area (Å²) in [7, 11) is 0. The van der Waals surface area contributed by atoms with Crippen molar-refractivity contribution in [1.29, 1.82) is 0 Å². The number of rotatable bonds is 17. The van der Waals surface area contributed by atoms with Gasteiger partial charge in [-0.05, 0) is 25.7 Å². The summed E-state index contributed by atoms with van der Waals surface area (Å²) in [6.07, 6.45) is 21.5. The Hall–Kier alpha value is -0.590. The van der Waals surface area contributed by atoms with E-state index < -0.39 is 0 Å². The molecule has 0 bridgehead atoms. The first-order valence-electron chi connectivity index (χ1n) is 9.43. The van der Waals surface area contributed by atoms with E-state index in [9.17, 15) is 4.79 Å². The van der Waals surface area contributed by atoms with Crippen molar-refractivity contribution < 1.29 is 4.79 Å². The van der Waals surface area contributed by atoms with Gasteiger partial charge in [-0.1, -0.05) is 77.2 Å². The number of carbonyl (C=O) groups is 1. The summed E-state index contributed by atoms with van der Waals surface area (Å²) in [5.41, 5.74) is 0. The van der Waals surface area contributed by atoms with Crippen molar-refractivity contribution in [3.05, 3.63) is 12.7 Å². The summed E-state index contributed by atoms with van der Waals surface area (Å²) in [5.74, 6) is 0.488. The molecule has 1 nitrogen and oxygen atoms in total. The first-order chi connectivity index (χ1) is 10.3. The van der Waals surface area contributed by atoms with Crippen molar-refractivity contribution >= 4 is 5.78 Å². The molecule has 21 heavy (non-hydrogen) atoms. The van der Waals surface area contributed by atoms with Crippen LogP contribution in [0.3, 0.4) is 0 Å². The van der Waals surface area contributed by atoms with Gasteiger partial charge in [0, 0.05) is 12.8 Å². The van der Waals surface area contributed by atoms with Crippen LogP contribution in [0.2, 0.25) is 0 Å². The van der Waals surface area contributed by atoms with Gasteiger partial charge in [0.1, 0.15) is 5.78 Å². The van der Waals surface area contributed by atoms with Crippen LogP contribution in [0.4, 0.5) is 0 Å². The average Bonchev–Trinajstić information content (AvgIpc) is 2.49. The fourth-order valence-corrected chi connectivity index (χ4v) is 2.72. The second-order valence-electron chi connectivity index (χ2n) is 6.36. The standard InChI is InChI=1S/C20H38O/c1-3-5-7-9-11-12-13-15-17-19-20(21)18-16-14-10-8-6-4-2/h4H,2-3,5-19H2,1H3. The second-order valence-corrected chi connectivity index (χ2v) is 6.36. The molecule has 124 valence electrons. The number of carbonyl (C=O) groups excluding carboxylic acids is 1. The van der Waals surface area contributed by atoms with Gasteiger partial charge >= 0.3 is 0 Å². The predicted octanol–water partition coefficient (Wildman–Crippen LogP) is 7.00. The lowest BCUT2D eigenvalue weighted by Gasteiger charge is -2.03. The van der Waals surface area contributed by atoms with Crippen molar-refractivity contribution in [1.82, 2.24) is 0 Å². The third kappa shape index (κ3) is 17.4. The molecule has 0 heterocycles. The molecule has 0 fully saturated rings. The van der Waals surface area contributed by atoms with E-state index in [1.807, 2.05) is 6.08 Å². The zero-order valence-electron chi connectivity index (χ0n) is 14.5. The van der Waals surface area contributed by atoms with Gasteiger partial charge < -0.3 is 0 Å². The van der Waals surface area contributed by atoms with E-state index in [4.69, 9.17) is 0 Å². The lowest BCUT2D eigenvalue weighted by atomic mass is 10.0. The van der Waals surface area contributed by atoms with E-state index in [-0.39, 0.29) is 0 Å². The predicted molar refractivity (Wildman–Crippen MR) is 94.8 cm³/mol. The molecule has 1 heteroatoms. The Morgan fingerprint density at radius 1 is 0.714 bits per heavy atom. The van der Waals surface area contributed by atoms with Crippen LogP contribution in [-0.2, 0) is 4.79 Å². The average molecular weight is 295 g/mol. The Morgan fingerprint density at radius 3 is 1.62 bits per heavy atom. The van der Waals surface area contributed by atoms with Crippen LogP contribution in [-0.4, -0.2) is 5.78 Å². The van der Waals surface area contributed by atoms with Crippen LogP contribution < -0.4 is 0 Å². The van der Waals surface area contributed by atoms with E-state index >= 15 is 0 Å². The zero-order valence-corrected chi connectivity index (χ0v) is 14.5. The normalized spacial score (nSPS) is 10.7. The van der Waals surface area contributed by atoms with Crippen LogP contribution in [0.15, 0.2) is 12.7 Å². The minimum atomic E-state index is 0.488. The lowest BCUT2D eigenvalue weighted by Crippen LogP contribution is -1.97.